The van der Waals surface area contributed by atoms with Gasteiger partial charge in [0.2, 0.25) is 0 Å². The number of likely N-dealkylation sites (tertiary alicyclic amines) is 1. The average molecular weight is 448 g/mol. The average Bonchev–Trinajstić information content (AvgIpc) is 3.18. The molecule has 0 spiro atoms. The third-order valence-corrected chi connectivity index (χ3v) is 7.39. The Morgan fingerprint density at radius 3 is 2.40 bits per heavy atom. The molecule has 4 rings (SSSR count). The van der Waals surface area contributed by atoms with E-state index in [0.717, 1.165) is 0 Å². The van der Waals surface area contributed by atoms with E-state index in [1.165, 1.54) is 29.2 Å². The van der Waals surface area contributed by atoms with Crippen LogP contribution in [0.2, 0.25) is 5.02 Å². The number of rotatable bonds is 3. The van der Waals surface area contributed by atoms with Crippen molar-refractivity contribution in [2.75, 3.05) is 11.5 Å². The van der Waals surface area contributed by atoms with E-state index >= 15 is 0 Å². The third kappa shape index (κ3) is 3.57. The number of sulfone groups is 1. The number of aliphatic hydroxyl groups is 1. The molecule has 2 aromatic carbocycles. The normalized spacial score (nSPS) is 25.0. The Hall–Kier alpha value is -2.84. The Labute approximate surface area is 178 Å². The van der Waals surface area contributed by atoms with Gasteiger partial charge in [0.15, 0.2) is 9.84 Å². The van der Waals surface area contributed by atoms with Crippen LogP contribution in [-0.4, -0.2) is 52.8 Å². The molecule has 0 aliphatic carbocycles. The van der Waals surface area contributed by atoms with Crippen LogP contribution in [0.4, 0.5) is 0 Å². The lowest BCUT2D eigenvalue weighted by Crippen LogP contribution is -2.40. The number of hydrogen-bond donors (Lipinski definition) is 2. The molecular formula is C21H18ClNO6S. The molecule has 9 heteroatoms. The summed E-state index contributed by atoms with van der Waals surface area (Å²) in [6, 6.07) is 10.4. The van der Waals surface area contributed by atoms with Crippen LogP contribution in [0.25, 0.3) is 5.76 Å². The topological polar surface area (TPSA) is 112 Å². The first-order chi connectivity index (χ1) is 14.2. The maximum absolute atomic E-state index is 12.9. The van der Waals surface area contributed by atoms with Crippen LogP contribution in [0.3, 0.4) is 0 Å². The molecule has 1 amide bonds. The Bertz CT molecular complexity index is 1170. The number of carbonyl (C=O) groups excluding carboxylic acids is 2. The van der Waals surface area contributed by atoms with E-state index in [0.29, 0.717) is 16.1 Å². The number of carbonyl (C=O) groups is 2. The number of amides is 1. The van der Waals surface area contributed by atoms with Gasteiger partial charge in [0, 0.05) is 16.6 Å². The summed E-state index contributed by atoms with van der Waals surface area (Å²) < 4.78 is 24.0. The first-order valence-electron chi connectivity index (χ1n) is 9.23. The second-order valence-electron chi connectivity index (χ2n) is 7.37. The second kappa shape index (κ2) is 7.45. The number of benzene rings is 2. The molecule has 2 aromatic rings. The van der Waals surface area contributed by atoms with Crippen LogP contribution >= 0.6 is 11.6 Å². The van der Waals surface area contributed by atoms with Gasteiger partial charge in [-0.2, -0.15) is 0 Å². The van der Waals surface area contributed by atoms with Crippen molar-refractivity contribution in [3.63, 3.8) is 0 Å². The highest BCUT2D eigenvalue weighted by atomic mass is 35.5. The minimum Gasteiger partial charge on any atom is -0.508 e. The van der Waals surface area contributed by atoms with Crippen molar-refractivity contribution in [3.8, 4) is 5.75 Å². The monoisotopic (exact) mass is 447 g/mol. The summed E-state index contributed by atoms with van der Waals surface area (Å²) in [7, 11) is -3.33. The van der Waals surface area contributed by atoms with Crippen LogP contribution < -0.4 is 0 Å². The molecule has 0 bridgehead atoms. The number of halogens is 1. The van der Waals surface area contributed by atoms with E-state index < -0.39 is 33.6 Å². The summed E-state index contributed by atoms with van der Waals surface area (Å²) in [6.07, 6.45) is 0.200. The van der Waals surface area contributed by atoms with Gasteiger partial charge in [-0.3, -0.25) is 9.59 Å². The molecule has 2 saturated heterocycles. The van der Waals surface area contributed by atoms with Crippen LogP contribution in [-0.2, 0) is 19.4 Å². The van der Waals surface area contributed by atoms with Gasteiger partial charge in [-0.15, -0.1) is 0 Å². The van der Waals surface area contributed by atoms with Crippen molar-refractivity contribution in [1.82, 2.24) is 4.90 Å². The van der Waals surface area contributed by atoms with Crippen molar-refractivity contribution in [3.05, 3.63) is 70.3 Å². The third-order valence-electron chi connectivity index (χ3n) is 5.39. The molecule has 2 atom stereocenters. The molecule has 0 saturated carbocycles. The van der Waals surface area contributed by atoms with Crippen LogP contribution in [0.5, 0.6) is 5.75 Å². The number of hydrogen-bond acceptors (Lipinski definition) is 6. The molecule has 2 heterocycles. The maximum Gasteiger partial charge on any atom is 0.295 e. The first kappa shape index (κ1) is 20.4. The minimum absolute atomic E-state index is 0.0788. The van der Waals surface area contributed by atoms with Crippen molar-refractivity contribution in [2.45, 2.75) is 18.5 Å². The highest BCUT2D eigenvalue weighted by molar-refractivity contribution is 7.91. The van der Waals surface area contributed by atoms with Gasteiger partial charge in [-0.05, 0) is 48.4 Å². The molecular weight excluding hydrogens is 430 g/mol. The number of nitrogens with zero attached hydrogens (tertiary/aromatic N) is 1. The Kier molecular flexibility index (Phi) is 5.07. The molecule has 0 aromatic heterocycles. The van der Waals surface area contributed by atoms with Crippen LogP contribution in [0.15, 0.2) is 54.1 Å². The summed E-state index contributed by atoms with van der Waals surface area (Å²) >= 11 is 5.89. The largest absolute Gasteiger partial charge is 0.508 e. The SMILES string of the molecule is O=C1C(=O)N([C@H]2CCS(=O)(=O)C2)[C@@H](c2cccc(O)c2)/C1=C(\O)c1ccc(Cl)cc1. The summed E-state index contributed by atoms with van der Waals surface area (Å²) in [4.78, 5) is 27.1. The molecule has 7 nitrogen and oxygen atoms in total. The number of phenols is 1. The lowest BCUT2D eigenvalue weighted by Gasteiger charge is -2.30. The van der Waals surface area contributed by atoms with Gasteiger partial charge in [-0.1, -0.05) is 23.7 Å². The van der Waals surface area contributed by atoms with E-state index in [2.05, 4.69) is 0 Å². The molecule has 2 aliphatic rings. The first-order valence-corrected chi connectivity index (χ1v) is 11.4. The maximum atomic E-state index is 12.9. The lowest BCUT2D eigenvalue weighted by atomic mass is 9.94. The quantitative estimate of drug-likeness (QED) is 0.425. The van der Waals surface area contributed by atoms with Gasteiger partial charge in [-0.25, -0.2) is 8.42 Å². The standard InChI is InChI=1S/C21H18ClNO6S/c22-14-6-4-12(5-7-14)19(25)17-18(13-2-1-3-16(24)10-13)23(21(27)20(17)26)15-8-9-30(28,29)11-15/h1-7,10,15,18,24-25H,8-9,11H2/b19-17+/t15-,18-/m0/s1. The Morgan fingerprint density at radius 2 is 1.80 bits per heavy atom. The molecule has 30 heavy (non-hydrogen) atoms. The van der Waals surface area contributed by atoms with Gasteiger partial charge in [0.1, 0.15) is 11.5 Å². The van der Waals surface area contributed by atoms with Crippen LogP contribution in [0, 0.1) is 0 Å². The molecule has 2 N–H and O–H groups in total. The van der Waals surface area contributed by atoms with Crippen molar-refractivity contribution in [1.29, 1.82) is 0 Å². The highest BCUT2D eigenvalue weighted by Gasteiger charge is 2.51. The summed E-state index contributed by atoms with van der Waals surface area (Å²) in [5, 5.41) is 21.3. The van der Waals surface area contributed by atoms with Gasteiger partial charge < -0.3 is 15.1 Å². The van der Waals surface area contributed by atoms with Crippen molar-refractivity contribution >= 4 is 38.9 Å². The lowest BCUT2D eigenvalue weighted by molar-refractivity contribution is -0.141. The zero-order valence-electron chi connectivity index (χ0n) is 15.7. The molecule has 2 aliphatic heterocycles. The molecule has 0 unspecified atom stereocenters. The molecule has 0 radical (unpaired) electrons. The van der Waals surface area contributed by atoms with Crippen LogP contribution in [0.1, 0.15) is 23.6 Å². The van der Waals surface area contributed by atoms with Gasteiger partial charge in [0.25, 0.3) is 11.7 Å². The van der Waals surface area contributed by atoms with E-state index in [9.17, 15) is 28.2 Å². The zero-order valence-corrected chi connectivity index (χ0v) is 17.2. The van der Waals surface area contributed by atoms with Gasteiger partial charge in [0.05, 0.1) is 23.1 Å². The van der Waals surface area contributed by atoms with E-state index in [1.54, 1.807) is 24.3 Å². The van der Waals surface area contributed by atoms with E-state index in [4.69, 9.17) is 11.6 Å². The smallest absolute Gasteiger partial charge is 0.295 e. The van der Waals surface area contributed by atoms with Crippen molar-refractivity contribution in [2.24, 2.45) is 0 Å². The van der Waals surface area contributed by atoms with Crippen molar-refractivity contribution < 1.29 is 28.2 Å². The summed E-state index contributed by atoms with van der Waals surface area (Å²) in [6.45, 7) is 0. The predicted octanol–water partition coefficient (Wildman–Crippen LogP) is 2.65. The zero-order chi connectivity index (χ0) is 21.6. The predicted molar refractivity (Wildman–Crippen MR) is 111 cm³/mol. The Morgan fingerprint density at radius 1 is 1.10 bits per heavy atom. The van der Waals surface area contributed by atoms with E-state index in [-0.39, 0.29) is 35.0 Å². The fourth-order valence-electron chi connectivity index (χ4n) is 4.01. The number of ketones is 1. The molecule has 156 valence electrons. The number of phenolic OH excluding ortho intramolecular Hbond substituents is 1. The number of Topliss-reactive ketones (excluding diaryl/α,β-unsaturated/α-hetero) is 1. The molecule has 2 fully saturated rings. The number of aliphatic hydroxyl groups excluding tert-OH is 1. The Balaban J connectivity index is 1.90. The summed E-state index contributed by atoms with van der Waals surface area (Å²) in [5.41, 5.74) is 0.535. The number of aromatic hydroxyl groups is 1. The summed E-state index contributed by atoms with van der Waals surface area (Å²) in [5.74, 6) is -2.58. The minimum atomic E-state index is -3.33. The van der Waals surface area contributed by atoms with E-state index in [1.807, 2.05) is 0 Å². The second-order valence-corrected chi connectivity index (χ2v) is 10.0. The fraction of sp³-hybridized carbons (Fsp3) is 0.238. The fourth-order valence-corrected chi connectivity index (χ4v) is 5.84. The highest BCUT2D eigenvalue weighted by Crippen LogP contribution is 2.42. The van der Waals surface area contributed by atoms with Gasteiger partial charge >= 0.3 is 0 Å².